The molecule has 0 heterocycles. The predicted octanol–water partition coefficient (Wildman–Crippen LogP) is 11.4. The monoisotopic (exact) mass is 794 g/mol. The Labute approximate surface area is 336 Å². The van der Waals surface area contributed by atoms with Gasteiger partial charge in [0, 0.05) is 12.8 Å². The quantitative estimate of drug-likeness (QED) is 0.0152. The first kappa shape index (κ1) is 52.7. The largest absolute Gasteiger partial charge is 0.756 e. The summed E-state index contributed by atoms with van der Waals surface area (Å²) in [5.41, 5.74) is 0. The fourth-order valence-electron chi connectivity index (χ4n) is 5.41. The molecule has 0 N–H and O–H groups in total. The van der Waals surface area contributed by atoms with Crippen LogP contribution in [0.3, 0.4) is 0 Å². The van der Waals surface area contributed by atoms with Crippen molar-refractivity contribution in [1.29, 1.82) is 0 Å². The summed E-state index contributed by atoms with van der Waals surface area (Å²) in [6.07, 6.45) is 44.0. The van der Waals surface area contributed by atoms with Crippen LogP contribution in [-0.4, -0.2) is 70.0 Å². The second-order valence-corrected chi connectivity index (χ2v) is 16.8. The predicted molar refractivity (Wildman–Crippen MR) is 226 cm³/mol. The maximum absolute atomic E-state index is 12.6. The zero-order valence-electron chi connectivity index (χ0n) is 35.6. The maximum Gasteiger partial charge on any atom is 0.306 e. The molecule has 318 valence electrons. The molecule has 0 aromatic heterocycles. The second kappa shape index (κ2) is 37.3. The molecular formula is C45H80NO8P. The minimum absolute atomic E-state index is 0.0461. The standard InChI is InChI=1S/C45H80NO8P/c1-6-8-10-12-14-16-18-20-21-22-23-24-26-27-29-31-33-35-37-44(47)51-41-43(42-53-55(49,50)52-40-39-46(3,4)5)54-45(48)38-36-34-32-30-28-25-19-17-15-13-11-9-7-2/h18,20-25,28,32,34,43H,6-17,19,26-27,29-31,33,35-42H2,1-5H3/b20-18+,22-21+,24-23+,28-25+,34-32+. The van der Waals surface area contributed by atoms with Gasteiger partial charge in [-0.25, -0.2) is 0 Å². The molecule has 0 saturated carbocycles. The Morgan fingerprint density at radius 2 is 1.09 bits per heavy atom. The molecule has 2 unspecified atom stereocenters. The first-order chi connectivity index (χ1) is 26.5. The van der Waals surface area contributed by atoms with Crippen LogP contribution in [-0.2, 0) is 32.7 Å². The number of carbonyl (C=O) groups excluding carboxylic acids is 2. The van der Waals surface area contributed by atoms with Crippen LogP contribution < -0.4 is 4.89 Å². The van der Waals surface area contributed by atoms with Gasteiger partial charge in [0.25, 0.3) is 7.82 Å². The summed E-state index contributed by atoms with van der Waals surface area (Å²) in [5.74, 6) is -0.941. The van der Waals surface area contributed by atoms with Gasteiger partial charge in [-0.15, -0.1) is 0 Å². The van der Waals surface area contributed by atoms with E-state index in [4.69, 9.17) is 18.5 Å². The van der Waals surface area contributed by atoms with Crippen molar-refractivity contribution in [3.8, 4) is 0 Å². The van der Waals surface area contributed by atoms with E-state index in [9.17, 15) is 19.0 Å². The summed E-state index contributed by atoms with van der Waals surface area (Å²) in [7, 11) is 1.11. The summed E-state index contributed by atoms with van der Waals surface area (Å²) in [4.78, 5) is 37.4. The number of hydrogen-bond donors (Lipinski definition) is 0. The lowest BCUT2D eigenvalue weighted by Gasteiger charge is -2.28. The van der Waals surface area contributed by atoms with Crippen LogP contribution in [0, 0.1) is 0 Å². The molecule has 0 aliphatic carbocycles. The number of quaternary nitrogens is 1. The lowest BCUT2D eigenvalue weighted by Crippen LogP contribution is -2.37. The lowest BCUT2D eigenvalue weighted by molar-refractivity contribution is -0.870. The fraction of sp³-hybridized carbons (Fsp3) is 0.733. The van der Waals surface area contributed by atoms with Crippen molar-refractivity contribution in [2.75, 3.05) is 47.5 Å². The van der Waals surface area contributed by atoms with Crippen LogP contribution in [0.5, 0.6) is 0 Å². The van der Waals surface area contributed by atoms with E-state index >= 15 is 0 Å². The zero-order valence-corrected chi connectivity index (χ0v) is 36.5. The number of phosphoric ester groups is 1. The maximum atomic E-state index is 12.6. The molecule has 0 saturated heterocycles. The van der Waals surface area contributed by atoms with Crippen LogP contribution in [0.1, 0.15) is 162 Å². The number of rotatable bonds is 38. The Kier molecular flexibility index (Phi) is 35.7. The van der Waals surface area contributed by atoms with Gasteiger partial charge in [0.1, 0.15) is 19.8 Å². The van der Waals surface area contributed by atoms with Crippen molar-refractivity contribution in [2.45, 2.75) is 168 Å². The van der Waals surface area contributed by atoms with E-state index in [1.54, 1.807) is 0 Å². The average molecular weight is 794 g/mol. The fourth-order valence-corrected chi connectivity index (χ4v) is 6.14. The van der Waals surface area contributed by atoms with Gasteiger partial charge in [0.15, 0.2) is 6.10 Å². The van der Waals surface area contributed by atoms with Gasteiger partial charge >= 0.3 is 11.9 Å². The number of allylic oxidation sites excluding steroid dienone is 10. The molecule has 0 aliphatic heterocycles. The third kappa shape index (κ3) is 41.2. The Morgan fingerprint density at radius 3 is 1.65 bits per heavy atom. The van der Waals surface area contributed by atoms with Crippen molar-refractivity contribution in [1.82, 2.24) is 0 Å². The summed E-state index contributed by atoms with van der Waals surface area (Å²) in [6.45, 7) is 4.09. The smallest absolute Gasteiger partial charge is 0.306 e. The molecule has 10 heteroatoms. The van der Waals surface area contributed by atoms with E-state index in [0.717, 1.165) is 51.4 Å². The third-order valence-corrected chi connectivity index (χ3v) is 9.80. The number of likely N-dealkylation sites (N-methyl/N-ethyl adjacent to an activating group) is 1. The number of carbonyl (C=O) groups is 2. The SMILES string of the molecule is CCCCCCC/C=C/C=C/C=C/CCCCCCCC(=O)OCC(COP(=O)([O-])OCC[N+](C)(C)C)OC(=O)CC/C=C/C/C=C/CCCCCCCC. The molecule has 9 nitrogen and oxygen atoms in total. The van der Waals surface area contributed by atoms with Crippen LogP contribution in [0.15, 0.2) is 60.8 Å². The number of unbranched alkanes of at least 4 members (excludes halogenated alkanes) is 16. The van der Waals surface area contributed by atoms with Gasteiger partial charge in [0.05, 0.1) is 27.7 Å². The van der Waals surface area contributed by atoms with E-state index in [-0.39, 0.29) is 26.1 Å². The summed E-state index contributed by atoms with van der Waals surface area (Å²) < 4.78 is 33.7. The molecule has 0 aromatic carbocycles. The number of esters is 2. The highest BCUT2D eigenvalue weighted by Crippen LogP contribution is 2.38. The van der Waals surface area contributed by atoms with E-state index in [1.807, 2.05) is 33.3 Å². The minimum Gasteiger partial charge on any atom is -0.756 e. The Balaban J connectivity index is 4.48. The Hall–Kier alpha value is -2.29. The van der Waals surface area contributed by atoms with E-state index in [0.29, 0.717) is 23.9 Å². The molecular weight excluding hydrogens is 713 g/mol. The number of hydrogen-bond acceptors (Lipinski definition) is 8. The molecule has 0 rings (SSSR count). The Morgan fingerprint density at radius 1 is 0.582 bits per heavy atom. The molecule has 0 aliphatic rings. The summed E-state index contributed by atoms with van der Waals surface area (Å²) >= 11 is 0. The molecule has 0 bridgehead atoms. The van der Waals surface area contributed by atoms with Crippen LogP contribution in [0.4, 0.5) is 0 Å². The van der Waals surface area contributed by atoms with Crippen LogP contribution in [0.2, 0.25) is 0 Å². The van der Waals surface area contributed by atoms with Crippen molar-refractivity contribution in [2.24, 2.45) is 0 Å². The van der Waals surface area contributed by atoms with Crippen molar-refractivity contribution >= 4 is 19.8 Å². The van der Waals surface area contributed by atoms with Gasteiger partial charge in [-0.3, -0.25) is 14.2 Å². The highest BCUT2D eigenvalue weighted by molar-refractivity contribution is 7.45. The van der Waals surface area contributed by atoms with Gasteiger partial charge in [0.2, 0.25) is 0 Å². The number of phosphoric acid groups is 1. The van der Waals surface area contributed by atoms with Gasteiger partial charge in [-0.05, 0) is 57.8 Å². The van der Waals surface area contributed by atoms with Crippen molar-refractivity contribution in [3.05, 3.63) is 60.8 Å². The van der Waals surface area contributed by atoms with E-state index in [2.05, 4.69) is 62.5 Å². The zero-order chi connectivity index (χ0) is 40.7. The van der Waals surface area contributed by atoms with Crippen molar-refractivity contribution < 1.29 is 42.1 Å². The Bertz CT molecular complexity index is 1120. The van der Waals surface area contributed by atoms with E-state index < -0.39 is 32.5 Å². The average Bonchev–Trinajstić information content (AvgIpc) is 3.13. The van der Waals surface area contributed by atoms with Gasteiger partial charge in [-0.1, -0.05) is 152 Å². The molecule has 0 aromatic rings. The molecule has 0 radical (unpaired) electrons. The molecule has 0 spiro atoms. The second-order valence-electron chi connectivity index (χ2n) is 15.4. The first-order valence-corrected chi connectivity index (χ1v) is 23.0. The topological polar surface area (TPSA) is 111 Å². The third-order valence-electron chi connectivity index (χ3n) is 8.83. The van der Waals surface area contributed by atoms with Gasteiger partial charge < -0.3 is 27.9 Å². The van der Waals surface area contributed by atoms with Crippen LogP contribution in [0.25, 0.3) is 0 Å². The number of nitrogens with zero attached hydrogens (tertiary/aromatic N) is 1. The molecule has 2 atom stereocenters. The highest BCUT2D eigenvalue weighted by Gasteiger charge is 2.21. The minimum atomic E-state index is -4.64. The summed E-state index contributed by atoms with van der Waals surface area (Å²) in [6, 6.07) is 0. The summed E-state index contributed by atoms with van der Waals surface area (Å²) in [5, 5.41) is 0. The first-order valence-electron chi connectivity index (χ1n) is 21.5. The number of ether oxygens (including phenoxy) is 2. The van der Waals surface area contributed by atoms with E-state index in [1.165, 1.54) is 70.6 Å². The van der Waals surface area contributed by atoms with Crippen LogP contribution >= 0.6 is 7.82 Å². The molecule has 55 heavy (non-hydrogen) atoms. The van der Waals surface area contributed by atoms with Gasteiger partial charge in [-0.2, -0.15) is 0 Å². The highest BCUT2D eigenvalue weighted by atomic mass is 31.2. The molecule has 0 fully saturated rings. The normalized spacial score (nSPS) is 14.2. The van der Waals surface area contributed by atoms with Crippen molar-refractivity contribution in [3.63, 3.8) is 0 Å². The lowest BCUT2D eigenvalue weighted by atomic mass is 10.1. The molecule has 0 amide bonds.